The molecule has 0 radical (unpaired) electrons. The number of aromatic nitrogens is 1. The minimum atomic E-state index is -0.168. The van der Waals surface area contributed by atoms with Gasteiger partial charge in [0.15, 0.2) is 0 Å². The predicted molar refractivity (Wildman–Crippen MR) is 86.4 cm³/mol. The molecular weight excluding hydrogens is 280 g/mol. The molecule has 0 saturated carbocycles. The summed E-state index contributed by atoms with van der Waals surface area (Å²) in [6, 6.07) is 5.87. The summed E-state index contributed by atoms with van der Waals surface area (Å²) in [5, 5.41) is 3.80. The Morgan fingerprint density at radius 2 is 2.18 bits per heavy atom. The molecule has 1 heterocycles. The lowest BCUT2D eigenvalue weighted by molar-refractivity contribution is -0.116. The predicted octanol–water partition coefficient (Wildman–Crippen LogP) is 2.58. The van der Waals surface area contributed by atoms with Crippen LogP contribution >= 0.6 is 0 Å². The third-order valence-electron chi connectivity index (χ3n) is 3.34. The van der Waals surface area contributed by atoms with Crippen molar-refractivity contribution in [2.75, 3.05) is 20.8 Å². The fourth-order valence-electron chi connectivity index (χ4n) is 2.29. The molecule has 0 spiro atoms. The number of ether oxygens (including phenoxy) is 2. The van der Waals surface area contributed by atoms with Crippen molar-refractivity contribution < 1.29 is 14.3 Å². The molecule has 1 aromatic heterocycles. The van der Waals surface area contributed by atoms with Crippen molar-refractivity contribution in [1.29, 1.82) is 0 Å². The van der Waals surface area contributed by atoms with E-state index in [9.17, 15) is 4.79 Å². The van der Waals surface area contributed by atoms with E-state index in [0.29, 0.717) is 6.54 Å². The first kappa shape index (κ1) is 15.7. The molecule has 0 aliphatic carbocycles. The van der Waals surface area contributed by atoms with Gasteiger partial charge in [0.25, 0.3) is 5.91 Å². The topological polar surface area (TPSA) is 63.4 Å². The summed E-state index contributed by atoms with van der Waals surface area (Å²) < 4.78 is 10.7. The minimum Gasteiger partial charge on any atom is -0.497 e. The Morgan fingerprint density at radius 3 is 2.86 bits per heavy atom. The molecule has 2 aromatic rings. The zero-order valence-corrected chi connectivity index (χ0v) is 12.9. The van der Waals surface area contributed by atoms with Crippen LogP contribution in [-0.2, 0) is 11.2 Å². The summed E-state index contributed by atoms with van der Waals surface area (Å²) >= 11 is 0. The first-order valence-corrected chi connectivity index (χ1v) is 7.05. The highest BCUT2D eigenvalue weighted by atomic mass is 16.5. The summed E-state index contributed by atoms with van der Waals surface area (Å²) in [6.45, 7) is 3.97. The van der Waals surface area contributed by atoms with Crippen molar-refractivity contribution in [3.63, 3.8) is 0 Å². The molecule has 2 N–H and O–H groups in total. The molecule has 0 aliphatic heterocycles. The molecule has 1 amide bonds. The van der Waals surface area contributed by atoms with Crippen molar-refractivity contribution >= 4 is 16.8 Å². The lowest BCUT2D eigenvalue weighted by atomic mass is 10.2. The van der Waals surface area contributed by atoms with Gasteiger partial charge in [-0.2, -0.15) is 0 Å². The lowest BCUT2D eigenvalue weighted by Crippen LogP contribution is -2.22. The normalized spacial score (nSPS) is 10.1. The van der Waals surface area contributed by atoms with E-state index in [0.717, 1.165) is 40.9 Å². The molecule has 1 aromatic carbocycles. The number of benzene rings is 1. The number of aryl methyl sites for hydroxylation is 1. The third-order valence-corrected chi connectivity index (χ3v) is 3.34. The monoisotopic (exact) mass is 300 g/mol. The van der Waals surface area contributed by atoms with Crippen LogP contribution in [0.25, 0.3) is 10.9 Å². The van der Waals surface area contributed by atoms with Crippen molar-refractivity contribution in [3.05, 3.63) is 42.3 Å². The number of nitrogens with one attached hydrogen (secondary N) is 2. The Labute approximate surface area is 129 Å². The Hall–Kier alpha value is -2.65. The van der Waals surface area contributed by atoms with Crippen molar-refractivity contribution in [2.24, 2.45) is 0 Å². The van der Waals surface area contributed by atoms with Crippen LogP contribution in [-0.4, -0.2) is 31.7 Å². The number of carbonyl (C=O) groups excluding carboxylic acids is 1. The van der Waals surface area contributed by atoms with E-state index in [1.165, 1.54) is 6.08 Å². The smallest absolute Gasteiger partial charge is 0.251 e. The van der Waals surface area contributed by atoms with E-state index in [4.69, 9.17) is 9.47 Å². The average molecular weight is 300 g/mol. The first-order chi connectivity index (χ1) is 10.7. The molecule has 0 unspecified atom stereocenters. The van der Waals surface area contributed by atoms with Crippen LogP contribution < -0.4 is 14.8 Å². The molecule has 22 heavy (non-hydrogen) atoms. The number of methoxy groups -OCH3 is 2. The van der Waals surface area contributed by atoms with E-state index in [1.54, 1.807) is 14.2 Å². The second kappa shape index (κ2) is 7.38. The number of hydrogen-bond donors (Lipinski definition) is 2. The van der Waals surface area contributed by atoms with Gasteiger partial charge in [0, 0.05) is 35.8 Å². The molecule has 0 bridgehead atoms. The van der Waals surface area contributed by atoms with Crippen LogP contribution in [0.3, 0.4) is 0 Å². The van der Waals surface area contributed by atoms with Crippen LogP contribution in [0.5, 0.6) is 11.5 Å². The standard InChI is InChI=1S/C17H20N2O3/c1-4-6-17(20)18-8-5-7-12-9-14-15(19-12)10-13(21-2)11-16(14)22-3/h6,9-11,19H,1,5,7-8H2,2-3H3,(H,18,20). The fourth-order valence-corrected chi connectivity index (χ4v) is 2.29. The van der Waals surface area contributed by atoms with Gasteiger partial charge in [-0.05, 0) is 18.9 Å². The Kier molecular flexibility index (Phi) is 5.28. The van der Waals surface area contributed by atoms with Gasteiger partial charge in [0.2, 0.25) is 0 Å². The largest absolute Gasteiger partial charge is 0.497 e. The highest BCUT2D eigenvalue weighted by molar-refractivity contribution is 5.88. The van der Waals surface area contributed by atoms with Crippen LogP contribution in [0.1, 0.15) is 12.1 Å². The molecular formula is C17H20N2O3. The summed E-state index contributed by atoms with van der Waals surface area (Å²) in [4.78, 5) is 14.6. The van der Waals surface area contributed by atoms with Gasteiger partial charge in [-0.3, -0.25) is 4.79 Å². The van der Waals surface area contributed by atoms with Crippen LogP contribution in [0.2, 0.25) is 0 Å². The fraction of sp³-hybridized carbons (Fsp3) is 0.294. The second-order valence-corrected chi connectivity index (χ2v) is 4.83. The van der Waals surface area contributed by atoms with Crippen LogP contribution in [0, 0.1) is 0 Å². The van der Waals surface area contributed by atoms with Gasteiger partial charge in [-0.25, -0.2) is 0 Å². The lowest BCUT2D eigenvalue weighted by Gasteiger charge is -2.04. The summed E-state index contributed by atoms with van der Waals surface area (Å²) in [6.07, 6.45) is 2.96. The highest BCUT2D eigenvalue weighted by Crippen LogP contribution is 2.31. The van der Waals surface area contributed by atoms with Gasteiger partial charge in [0.05, 0.1) is 19.7 Å². The molecule has 2 rings (SSSR count). The van der Waals surface area contributed by atoms with Gasteiger partial charge in [0.1, 0.15) is 11.5 Å². The van der Waals surface area contributed by atoms with E-state index in [2.05, 4.69) is 28.7 Å². The molecule has 0 fully saturated rings. The van der Waals surface area contributed by atoms with Crippen molar-refractivity contribution in [1.82, 2.24) is 10.3 Å². The summed E-state index contributed by atoms with van der Waals surface area (Å²) in [5.41, 5.74) is 4.52. The third kappa shape index (κ3) is 3.71. The zero-order valence-electron chi connectivity index (χ0n) is 12.9. The maximum Gasteiger partial charge on any atom is 0.251 e. The van der Waals surface area contributed by atoms with Crippen molar-refractivity contribution in [3.8, 4) is 11.5 Å². The van der Waals surface area contributed by atoms with Crippen LogP contribution in [0.4, 0.5) is 0 Å². The maximum atomic E-state index is 11.2. The molecule has 0 aliphatic rings. The Bertz CT molecular complexity index is 712. The zero-order chi connectivity index (χ0) is 15.9. The molecule has 5 nitrogen and oxygen atoms in total. The van der Waals surface area contributed by atoms with Gasteiger partial charge in [-0.15, -0.1) is 5.73 Å². The molecule has 116 valence electrons. The molecule has 0 atom stereocenters. The number of aromatic amines is 1. The van der Waals surface area contributed by atoms with E-state index >= 15 is 0 Å². The summed E-state index contributed by atoms with van der Waals surface area (Å²) in [5.74, 6) is 1.36. The van der Waals surface area contributed by atoms with Gasteiger partial charge < -0.3 is 19.8 Å². The van der Waals surface area contributed by atoms with Crippen LogP contribution in [0.15, 0.2) is 36.6 Å². The second-order valence-electron chi connectivity index (χ2n) is 4.83. The number of carbonyl (C=O) groups is 1. The highest BCUT2D eigenvalue weighted by Gasteiger charge is 2.09. The van der Waals surface area contributed by atoms with E-state index < -0.39 is 0 Å². The Morgan fingerprint density at radius 1 is 1.36 bits per heavy atom. The number of H-pyrrole nitrogens is 1. The van der Waals surface area contributed by atoms with E-state index in [1.807, 2.05) is 12.1 Å². The maximum absolute atomic E-state index is 11.2. The minimum absolute atomic E-state index is 0.168. The SMILES string of the molecule is C=C=CC(=O)NCCCc1cc2c(OC)cc(OC)cc2[nH]1. The number of hydrogen-bond acceptors (Lipinski definition) is 3. The first-order valence-electron chi connectivity index (χ1n) is 7.05. The quantitative estimate of drug-likeness (QED) is 0.469. The van der Waals surface area contributed by atoms with Crippen molar-refractivity contribution in [2.45, 2.75) is 12.8 Å². The van der Waals surface area contributed by atoms with E-state index in [-0.39, 0.29) is 5.91 Å². The number of fused-ring (bicyclic) bond motifs is 1. The van der Waals surface area contributed by atoms with Gasteiger partial charge >= 0.3 is 0 Å². The Balaban J connectivity index is 2.03. The molecule has 0 saturated heterocycles. The number of rotatable bonds is 7. The average Bonchev–Trinajstić information content (AvgIpc) is 2.93. The molecule has 5 heteroatoms. The number of amides is 1. The van der Waals surface area contributed by atoms with Gasteiger partial charge in [-0.1, -0.05) is 6.58 Å². The summed E-state index contributed by atoms with van der Waals surface area (Å²) in [7, 11) is 3.27.